The van der Waals surface area contributed by atoms with Gasteiger partial charge in [-0.2, -0.15) is 0 Å². The van der Waals surface area contributed by atoms with Crippen LogP contribution in [0.1, 0.15) is 16.8 Å². The molecule has 2 heterocycles. The van der Waals surface area contributed by atoms with Gasteiger partial charge in [0.1, 0.15) is 5.75 Å². The van der Waals surface area contributed by atoms with Crippen LogP contribution in [0.25, 0.3) is 0 Å². The van der Waals surface area contributed by atoms with Crippen LogP contribution in [0.3, 0.4) is 0 Å². The highest BCUT2D eigenvalue weighted by Crippen LogP contribution is 2.32. The number of hydrogen-bond acceptors (Lipinski definition) is 3. The van der Waals surface area contributed by atoms with Gasteiger partial charge in [-0.15, -0.1) is 13.2 Å². The van der Waals surface area contributed by atoms with Gasteiger partial charge in [0.15, 0.2) is 0 Å². The molecule has 2 unspecified atom stereocenters. The molecular formula is C20H17ClF3N3O3. The number of rotatable bonds is 4. The highest BCUT2D eigenvalue weighted by molar-refractivity contribution is 6.30. The van der Waals surface area contributed by atoms with Crippen molar-refractivity contribution in [3.05, 3.63) is 59.1 Å². The van der Waals surface area contributed by atoms with E-state index in [-0.39, 0.29) is 29.8 Å². The van der Waals surface area contributed by atoms with Gasteiger partial charge in [-0.3, -0.25) is 9.69 Å². The number of ether oxygens (including phenoxy) is 1. The van der Waals surface area contributed by atoms with E-state index in [1.807, 2.05) is 0 Å². The molecule has 158 valence electrons. The summed E-state index contributed by atoms with van der Waals surface area (Å²) in [5.41, 5.74) is 0.937. The van der Waals surface area contributed by atoms with Crippen molar-refractivity contribution in [2.75, 3.05) is 18.0 Å². The number of amides is 3. The highest BCUT2D eigenvalue weighted by atomic mass is 35.5. The number of halogens is 4. The van der Waals surface area contributed by atoms with Crippen LogP contribution in [0.4, 0.5) is 23.7 Å². The normalized spacial score (nSPS) is 21.0. The summed E-state index contributed by atoms with van der Waals surface area (Å²) >= 11 is 5.92. The number of fused-ring (bicyclic) bond motifs is 1. The third-order valence-corrected chi connectivity index (χ3v) is 5.32. The van der Waals surface area contributed by atoms with Crippen LogP contribution in [0.5, 0.6) is 5.75 Å². The molecular weight excluding hydrogens is 423 g/mol. The largest absolute Gasteiger partial charge is 0.573 e. The molecule has 2 fully saturated rings. The van der Waals surface area contributed by atoms with Crippen molar-refractivity contribution in [1.82, 2.24) is 10.2 Å². The Morgan fingerprint density at radius 2 is 1.87 bits per heavy atom. The molecule has 2 aromatic rings. The molecule has 1 N–H and O–H groups in total. The highest BCUT2D eigenvalue weighted by Gasteiger charge is 2.45. The van der Waals surface area contributed by atoms with Crippen LogP contribution in [-0.2, 0) is 0 Å². The number of carbonyl (C=O) groups excluding carboxylic acids is 2. The average Bonchev–Trinajstić information content (AvgIpc) is 3.20. The average molecular weight is 440 g/mol. The van der Waals surface area contributed by atoms with Crippen LogP contribution in [-0.4, -0.2) is 48.4 Å². The quantitative estimate of drug-likeness (QED) is 0.781. The van der Waals surface area contributed by atoms with Crippen LogP contribution >= 0.6 is 11.6 Å². The Hall–Kier alpha value is -2.94. The molecule has 0 radical (unpaired) electrons. The van der Waals surface area contributed by atoms with E-state index in [1.54, 1.807) is 29.2 Å². The van der Waals surface area contributed by atoms with Crippen molar-refractivity contribution in [1.29, 1.82) is 0 Å². The van der Waals surface area contributed by atoms with Crippen molar-refractivity contribution in [2.45, 2.75) is 24.9 Å². The second kappa shape index (κ2) is 7.71. The van der Waals surface area contributed by atoms with Gasteiger partial charge in [0.2, 0.25) is 0 Å². The fourth-order valence-corrected chi connectivity index (χ4v) is 4.00. The maximum atomic E-state index is 12.8. The van der Waals surface area contributed by atoms with Gasteiger partial charge in [0, 0.05) is 35.4 Å². The molecule has 0 saturated carbocycles. The first kappa shape index (κ1) is 20.3. The summed E-state index contributed by atoms with van der Waals surface area (Å²) in [5, 5.41) is 3.39. The molecule has 0 bridgehead atoms. The number of carbonyl (C=O) groups is 2. The molecule has 0 aromatic heterocycles. The lowest BCUT2D eigenvalue weighted by molar-refractivity contribution is -0.274. The van der Waals surface area contributed by atoms with Gasteiger partial charge in [-0.25, -0.2) is 4.79 Å². The molecule has 2 aliphatic rings. The van der Waals surface area contributed by atoms with Crippen molar-refractivity contribution in [3.8, 4) is 5.75 Å². The minimum atomic E-state index is -4.77. The molecule has 2 aromatic carbocycles. The molecule has 2 aliphatic heterocycles. The van der Waals surface area contributed by atoms with Crippen molar-refractivity contribution in [2.24, 2.45) is 0 Å². The predicted molar refractivity (Wildman–Crippen MR) is 104 cm³/mol. The standard InChI is InChI=1S/C20H17ClF3N3O3/c21-13-3-1-2-12(8-13)18(28)25-14-9-16-11-27(19(29)26(16)10-14)15-4-6-17(7-5-15)30-20(22,23)24/h1-8,14,16H,9-11H2,(H,25,28). The maximum Gasteiger partial charge on any atom is 0.573 e. The number of nitrogens with one attached hydrogen (secondary N) is 1. The number of anilines is 1. The summed E-state index contributed by atoms with van der Waals surface area (Å²) in [6.45, 7) is 0.753. The fourth-order valence-electron chi connectivity index (χ4n) is 3.81. The summed E-state index contributed by atoms with van der Waals surface area (Å²) in [6.07, 6.45) is -4.18. The van der Waals surface area contributed by atoms with Gasteiger partial charge in [-0.05, 0) is 48.9 Å². The zero-order valence-electron chi connectivity index (χ0n) is 15.5. The Balaban J connectivity index is 1.37. The summed E-state index contributed by atoms with van der Waals surface area (Å²) in [5.74, 6) is -0.601. The van der Waals surface area contributed by atoms with Crippen LogP contribution < -0.4 is 15.0 Å². The second-order valence-corrected chi connectivity index (χ2v) is 7.59. The van der Waals surface area contributed by atoms with Crippen molar-refractivity contribution < 1.29 is 27.5 Å². The monoisotopic (exact) mass is 439 g/mol. The molecule has 0 aliphatic carbocycles. The number of nitrogens with zero attached hydrogens (tertiary/aromatic N) is 2. The minimum Gasteiger partial charge on any atom is -0.406 e. The SMILES string of the molecule is O=C(NC1CC2CN(c3ccc(OC(F)(F)F)cc3)C(=O)N2C1)c1cccc(Cl)c1. The molecule has 0 spiro atoms. The third kappa shape index (κ3) is 4.30. The van der Waals surface area contributed by atoms with Crippen LogP contribution in [0.2, 0.25) is 5.02 Å². The van der Waals surface area contributed by atoms with E-state index in [2.05, 4.69) is 10.1 Å². The molecule has 10 heteroatoms. The molecule has 2 saturated heterocycles. The predicted octanol–water partition coefficient (Wildman–Crippen LogP) is 4.05. The first-order chi connectivity index (χ1) is 14.2. The third-order valence-electron chi connectivity index (χ3n) is 5.09. The van der Waals surface area contributed by atoms with Gasteiger partial charge >= 0.3 is 12.4 Å². The minimum absolute atomic E-state index is 0.0896. The lowest BCUT2D eigenvalue weighted by atomic mass is 10.1. The molecule has 2 atom stereocenters. The van der Waals surface area contributed by atoms with E-state index in [0.717, 1.165) is 0 Å². The van der Waals surface area contributed by atoms with E-state index >= 15 is 0 Å². The fraction of sp³-hybridized carbons (Fsp3) is 0.300. The molecule has 6 nitrogen and oxygen atoms in total. The van der Waals surface area contributed by atoms with E-state index in [9.17, 15) is 22.8 Å². The second-order valence-electron chi connectivity index (χ2n) is 7.16. The lowest BCUT2D eigenvalue weighted by Gasteiger charge is -2.20. The summed E-state index contributed by atoms with van der Waals surface area (Å²) in [4.78, 5) is 28.3. The number of alkyl halides is 3. The Bertz CT molecular complexity index is 968. The van der Waals surface area contributed by atoms with Gasteiger partial charge in [0.05, 0.1) is 6.04 Å². The van der Waals surface area contributed by atoms with Gasteiger partial charge in [0.25, 0.3) is 5.91 Å². The van der Waals surface area contributed by atoms with Gasteiger partial charge < -0.3 is 15.0 Å². The smallest absolute Gasteiger partial charge is 0.406 e. The first-order valence-electron chi connectivity index (χ1n) is 9.20. The van der Waals surface area contributed by atoms with Gasteiger partial charge in [-0.1, -0.05) is 17.7 Å². The van der Waals surface area contributed by atoms with E-state index < -0.39 is 6.36 Å². The number of hydrogen-bond donors (Lipinski definition) is 1. The Morgan fingerprint density at radius 1 is 1.13 bits per heavy atom. The van der Waals surface area contributed by atoms with Crippen molar-refractivity contribution >= 4 is 29.2 Å². The van der Waals surface area contributed by atoms with Crippen LogP contribution in [0, 0.1) is 0 Å². The van der Waals surface area contributed by atoms with Crippen LogP contribution in [0.15, 0.2) is 48.5 Å². The topological polar surface area (TPSA) is 61.9 Å². The first-order valence-corrected chi connectivity index (χ1v) is 9.58. The summed E-state index contributed by atoms with van der Waals surface area (Å²) in [6, 6.07) is 11.3. The maximum absolute atomic E-state index is 12.8. The molecule has 3 amide bonds. The van der Waals surface area contributed by atoms with Crippen molar-refractivity contribution in [3.63, 3.8) is 0 Å². The van der Waals surface area contributed by atoms with E-state index in [4.69, 9.17) is 11.6 Å². The molecule has 4 rings (SSSR count). The zero-order chi connectivity index (χ0) is 21.5. The molecule has 30 heavy (non-hydrogen) atoms. The van der Waals surface area contributed by atoms with E-state index in [0.29, 0.717) is 35.8 Å². The summed E-state index contributed by atoms with van der Waals surface area (Å²) < 4.78 is 40.7. The number of urea groups is 1. The Labute approximate surface area is 175 Å². The lowest BCUT2D eigenvalue weighted by Crippen LogP contribution is -2.40. The Morgan fingerprint density at radius 3 is 2.50 bits per heavy atom. The Kier molecular flexibility index (Phi) is 5.23. The zero-order valence-corrected chi connectivity index (χ0v) is 16.3. The summed E-state index contributed by atoms with van der Waals surface area (Å²) in [7, 11) is 0. The number of benzene rings is 2. The van der Waals surface area contributed by atoms with E-state index in [1.165, 1.54) is 29.2 Å².